The Bertz CT molecular complexity index is 504. The SMILES string of the molecule is Cc1cc(C(=O)N2CCC(Br)C2)cc([N+](=O)[O-])c1. The van der Waals surface area contributed by atoms with Crippen LogP contribution in [0.5, 0.6) is 0 Å². The van der Waals surface area contributed by atoms with Crippen LogP contribution in [0.2, 0.25) is 0 Å². The minimum absolute atomic E-state index is 0.0343. The summed E-state index contributed by atoms with van der Waals surface area (Å²) < 4.78 is 0. The molecule has 1 aliphatic heterocycles. The largest absolute Gasteiger partial charge is 0.337 e. The highest BCUT2D eigenvalue weighted by molar-refractivity contribution is 9.09. The van der Waals surface area contributed by atoms with Gasteiger partial charge in [-0.25, -0.2) is 0 Å². The maximum absolute atomic E-state index is 12.2. The van der Waals surface area contributed by atoms with Crippen LogP contribution in [0.15, 0.2) is 18.2 Å². The number of nitro groups is 1. The first-order valence-electron chi connectivity index (χ1n) is 5.67. The van der Waals surface area contributed by atoms with Crippen molar-refractivity contribution in [1.29, 1.82) is 0 Å². The molecular weight excluding hydrogens is 300 g/mol. The number of carbonyl (C=O) groups excluding carboxylic acids is 1. The molecule has 1 atom stereocenters. The minimum Gasteiger partial charge on any atom is -0.337 e. The second-order valence-corrected chi connectivity index (χ2v) is 5.75. The van der Waals surface area contributed by atoms with Crippen molar-refractivity contribution in [2.75, 3.05) is 13.1 Å². The number of rotatable bonds is 2. The summed E-state index contributed by atoms with van der Waals surface area (Å²) in [5, 5.41) is 10.8. The van der Waals surface area contributed by atoms with Gasteiger partial charge >= 0.3 is 0 Å². The molecule has 0 aromatic heterocycles. The number of hydrogen-bond acceptors (Lipinski definition) is 3. The Kier molecular flexibility index (Phi) is 3.65. The van der Waals surface area contributed by atoms with Gasteiger partial charge in [0, 0.05) is 35.6 Å². The number of aryl methyl sites for hydroxylation is 1. The predicted molar refractivity (Wildman–Crippen MR) is 71.1 cm³/mol. The van der Waals surface area contributed by atoms with Crippen molar-refractivity contribution in [2.24, 2.45) is 0 Å². The fourth-order valence-corrected chi connectivity index (χ4v) is 2.63. The summed E-state index contributed by atoms with van der Waals surface area (Å²) in [5.74, 6) is -0.135. The zero-order chi connectivity index (χ0) is 13.3. The van der Waals surface area contributed by atoms with E-state index in [1.165, 1.54) is 12.1 Å². The lowest BCUT2D eigenvalue weighted by Gasteiger charge is -2.15. The summed E-state index contributed by atoms with van der Waals surface area (Å²) in [6.45, 7) is 3.10. The molecule has 5 nitrogen and oxygen atoms in total. The topological polar surface area (TPSA) is 63.5 Å². The number of carbonyl (C=O) groups is 1. The van der Waals surface area contributed by atoms with Crippen LogP contribution >= 0.6 is 15.9 Å². The van der Waals surface area contributed by atoms with Gasteiger partial charge < -0.3 is 4.90 Å². The Labute approximate surface area is 113 Å². The van der Waals surface area contributed by atoms with Gasteiger partial charge in [-0.2, -0.15) is 0 Å². The van der Waals surface area contributed by atoms with Crippen LogP contribution < -0.4 is 0 Å². The van der Waals surface area contributed by atoms with E-state index >= 15 is 0 Å². The zero-order valence-corrected chi connectivity index (χ0v) is 11.5. The van der Waals surface area contributed by atoms with Crippen molar-refractivity contribution in [3.8, 4) is 0 Å². The van der Waals surface area contributed by atoms with Gasteiger partial charge in [-0.15, -0.1) is 0 Å². The normalized spacial score (nSPS) is 19.0. The average molecular weight is 313 g/mol. The Morgan fingerprint density at radius 1 is 1.50 bits per heavy atom. The molecule has 0 bridgehead atoms. The van der Waals surface area contributed by atoms with Gasteiger partial charge in [0.25, 0.3) is 11.6 Å². The minimum atomic E-state index is -0.471. The third-order valence-corrected chi connectivity index (χ3v) is 3.69. The number of nitrogens with zero attached hydrogens (tertiary/aromatic N) is 2. The van der Waals surface area contributed by atoms with Crippen LogP contribution in [0.3, 0.4) is 0 Å². The van der Waals surface area contributed by atoms with Gasteiger partial charge in [-0.3, -0.25) is 14.9 Å². The van der Waals surface area contributed by atoms with Crippen molar-refractivity contribution < 1.29 is 9.72 Å². The standard InChI is InChI=1S/C12H13BrN2O3/c1-8-4-9(6-11(5-8)15(17)18)12(16)14-3-2-10(13)7-14/h4-6,10H,2-3,7H2,1H3. The van der Waals surface area contributed by atoms with Crippen molar-refractivity contribution in [2.45, 2.75) is 18.2 Å². The lowest BCUT2D eigenvalue weighted by molar-refractivity contribution is -0.384. The average Bonchev–Trinajstić information content (AvgIpc) is 2.74. The van der Waals surface area contributed by atoms with Gasteiger partial charge in [0.2, 0.25) is 0 Å². The lowest BCUT2D eigenvalue weighted by atomic mass is 10.1. The smallest absolute Gasteiger partial charge is 0.270 e. The second kappa shape index (κ2) is 5.06. The monoisotopic (exact) mass is 312 g/mol. The number of halogens is 1. The second-order valence-electron chi connectivity index (χ2n) is 4.45. The first kappa shape index (κ1) is 13.0. The number of alkyl halides is 1. The predicted octanol–water partition coefficient (Wildman–Crippen LogP) is 2.51. The summed E-state index contributed by atoms with van der Waals surface area (Å²) >= 11 is 3.47. The van der Waals surface area contributed by atoms with E-state index in [9.17, 15) is 14.9 Å². The molecule has 0 N–H and O–H groups in total. The fourth-order valence-electron chi connectivity index (χ4n) is 2.08. The molecule has 1 heterocycles. The summed E-state index contributed by atoms with van der Waals surface area (Å²) in [4.78, 5) is 24.5. The number of benzene rings is 1. The van der Waals surface area contributed by atoms with Crippen molar-refractivity contribution >= 4 is 27.5 Å². The number of non-ortho nitro benzene ring substituents is 1. The van der Waals surface area contributed by atoms with E-state index in [1.807, 2.05) is 0 Å². The summed E-state index contributed by atoms with van der Waals surface area (Å²) in [7, 11) is 0. The third kappa shape index (κ3) is 2.69. The van der Waals surface area contributed by atoms with E-state index in [0.29, 0.717) is 23.5 Å². The first-order valence-corrected chi connectivity index (χ1v) is 6.58. The molecule has 0 spiro atoms. The van der Waals surface area contributed by atoms with Gasteiger partial charge in [0.05, 0.1) is 4.92 Å². The first-order chi connectivity index (χ1) is 8.47. The van der Waals surface area contributed by atoms with E-state index in [-0.39, 0.29) is 11.6 Å². The molecule has 6 heteroatoms. The van der Waals surface area contributed by atoms with E-state index in [2.05, 4.69) is 15.9 Å². The molecule has 1 saturated heterocycles. The van der Waals surface area contributed by atoms with E-state index in [4.69, 9.17) is 0 Å². The molecule has 1 aliphatic rings. The van der Waals surface area contributed by atoms with Crippen LogP contribution in [0.4, 0.5) is 5.69 Å². The molecule has 0 radical (unpaired) electrons. The molecular formula is C12H13BrN2O3. The van der Waals surface area contributed by atoms with Gasteiger partial charge in [0.15, 0.2) is 0 Å². The van der Waals surface area contributed by atoms with Crippen LogP contribution in [0, 0.1) is 17.0 Å². The maximum Gasteiger partial charge on any atom is 0.270 e. The number of nitro benzene ring substituents is 1. The van der Waals surface area contributed by atoms with Crippen LogP contribution in [-0.4, -0.2) is 33.6 Å². The Hall–Kier alpha value is -1.43. The van der Waals surface area contributed by atoms with E-state index < -0.39 is 4.92 Å². The zero-order valence-electron chi connectivity index (χ0n) is 9.93. The number of likely N-dealkylation sites (tertiary alicyclic amines) is 1. The molecule has 0 saturated carbocycles. The van der Waals surface area contributed by atoms with Crippen LogP contribution in [0.25, 0.3) is 0 Å². The van der Waals surface area contributed by atoms with E-state index in [1.54, 1.807) is 17.9 Å². The summed E-state index contributed by atoms with van der Waals surface area (Å²) in [6, 6.07) is 4.50. The third-order valence-electron chi connectivity index (χ3n) is 2.94. The number of amides is 1. The van der Waals surface area contributed by atoms with Crippen molar-refractivity contribution in [3.63, 3.8) is 0 Å². The lowest BCUT2D eigenvalue weighted by Crippen LogP contribution is -2.28. The molecule has 0 aliphatic carbocycles. The highest BCUT2D eigenvalue weighted by atomic mass is 79.9. The Balaban J connectivity index is 2.27. The summed E-state index contributed by atoms with van der Waals surface area (Å²) in [6.07, 6.45) is 0.916. The quantitative estimate of drug-likeness (QED) is 0.479. The van der Waals surface area contributed by atoms with Crippen LogP contribution in [0.1, 0.15) is 22.3 Å². The molecule has 1 unspecified atom stereocenters. The molecule has 2 rings (SSSR count). The maximum atomic E-state index is 12.2. The van der Waals surface area contributed by atoms with Crippen LogP contribution in [-0.2, 0) is 0 Å². The van der Waals surface area contributed by atoms with Gasteiger partial charge in [0.1, 0.15) is 0 Å². The number of hydrogen-bond donors (Lipinski definition) is 0. The van der Waals surface area contributed by atoms with Gasteiger partial charge in [-0.1, -0.05) is 15.9 Å². The molecule has 18 heavy (non-hydrogen) atoms. The molecule has 1 amide bonds. The molecule has 1 aromatic carbocycles. The highest BCUT2D eigenvalue weighted by Gasteiger charge is 2.26. The van der Waals surface area contributed by atoms with Crippen molar-refractivity contribution in [3.05, 3.63) is 39.4 Å². The molecule has 96 valence electrons. The van der Waals surface area contributed by atoms with Gasteiger partial charge in [-0.05, 0) is 25.0 Å². The Morgan fingerprint density at radius 2 is 2.22 bits per heavy atom. The molecule has 1 aromatic rings. The Morgan fingerprint density at radius 3 is 2.78 bits per heavy atom. The highest BCUT2D eigenvalue weighted by Crippen LogP contribution is 2.22. The summed E-state index contributed by atoms with van der Waals surface area (Å²) in [5.41, 5.74) is 1.08. The fraction of sp³-hybridized carbons (Fsp3) is 0.417. The van der Waals surface area contributed by atoms with Crippen molar-refractivity contribution in [1.82, 2.24) is 4.90 Å². The molecule has 1 fully saturated rings. The van der Waals surface area contributed by atoms with E-state index in [0.717, 1.165) is 12.0 Å².